The molecule has 3 nitrogen and oxygen atoms in total. The van der Waals surface area contributed by atoms with Crippen molar-refractivity contribution in [2.24, 2.45) is 0 Å². The molecule has 0 aliphatic carbocycles. The van der Waals surface area contributed by atoms with E-state index in [2.05, 4.69) is 55.6 Å². The number of halogens is 1. The zero-order chi connectivity index (χ0) is 21.3. The molecular formula is C26H30ClNO2. The molecule has 0 amide bonds. The van der Waals surface area contributed by atoms with E-state index in [-0.39, 0.29) is 0 Å². The lowest BCUT2D eigenvalue weighted by atomic mass is 10.0. The van der Waals surface area contributed by atoms with Gasteiger partial charge >= 0.3 is 0 Å². The third-order valence-electron chi connectivity index (χ3n) is 5.25. The quantitative estimate of drug-likeness (QED) is 0.386. The lowest BCUT2D eigenvalue weighted by Gasteiger charge is -2.20. The fraction of sp³-hybridized carbons (Fsp3) is 0.308. The first-order chi connectivity index (χ1) is 14.6. The van der Waals surface area contributed by atoms with Gasteiger partial charge in [-0.05, 0) is 47.7 Å². The van der Waals surface area contributed by atoms with Gasteiger partial charge in [0, 0.05) is 12.6 Å². The van der Waals surface area contributed by atoms with Crippen LogP contribution in [0, 0.1) is 6.92 Å². The summed E-state index contributed by atoms with van der Waals surface area (Å²) >= 11 is 6.58. The van der Waals surface area contributed by atoms with Crippen molar-refractivity contribution in [3.05, 3.63) is 94.0 Å². The summed E-state index contributed by atoms with van der Waals surface area (Å²) in [5, 5.41) is 4.22. The highest BCUT2D eigenvalue weighted by Crippen LogP contribution is 2.37. The molecule has 158 valence electrons. The van der Waals surface area contributed by atoms with E-state index < -0.39 is 0 Å². The average molecular weight is 424 g/mol. The zero-order valence-electron chi connectivity index (χ0n) is 18.0. The Morgan fingerprint density at radius 2 is 1.73 bits per heavy atom. The highest BCUT2D eigenvalue weighted by Gasteiger charge is 2.15. The monoisotopic (exact) mass is 423 g/mol. The summed E-state index contributed by atoms with van der Waals surface area (Å²) in [5.74, 6) is 1.24. The Kier molecular flexibility index (Phi) is 8.18. The summed E-state index contributed by atoms with van der Waals surface area (Å²) in [7, 11) is 1.65. The van der Waals surface area contributed by atoms with Crippen LogP contribution >= 0.6 is 11.6 Å². The minimum atomic E-state index is 0.304. The predicted octanol–water partition coefficient (Wildman–Crippen LogP) is 6.87. The first kappa shape index (κ1) is 22.2. The largest absolute Gasteiger partial charge is 0.493 e. The van der Waals surface area contributed by atoms with Gasteiger partial charge in [0.2, 0.25) is 0 Å². The number of hydrogen-bond donors (Lipinski definition) is 1. The van der Waals surface area contributed by atoms with Crippen LogP contribution in [0.25, 0.3) is 0 Å². The highest BCUT2D eigenvalue weighted by atomic mass is 35.5. The van der Waals surface area contributed by atoms with Crippen LogP contribution in [0.3, 0.4) is 0 Å². The fourth-order valence-corrected chi connectivity index (χ4v) is 3.83. The zero-order valence-corrected chi connectivity index (χ0v) is 18.7. The van der Waals surface area contributed by atoms with Crippen LogP contribution in [0.15, 0.2) is 66.7 Å². The second-order valence-electron chi connectivity index (χ2n) is 7.46. The Hall–Kier alpha value is -2.49. The lowest BCUT2D eigenvalue weighted by molar-refractivity contribution is 0.284. The van der Waals surface area contributed by atoms with Crippen LogP contribution in [0.5, 0.6) is 11.5 Å². The number of rotatable bonds is 10. The van der Waals surface area contributed by atoms with Crippen LogP contribution in [-0.4, -0.2) is 7.11 Å². The van der Waals surface area contributed by atoms with E-state index in [0.717, 1.165) is 24.0 Å². The average Bonchev–Trinajstić information content (AvgIpc) is 2.77. The minimum absolute atomic E-state index is 0.304. The number of benzene rings is 3. The van der Waals surface area contributed by atoms with Crippen molar-refractivity contribution in [2.45, 2.75) is 45.9 Å². The summed E-state index contributed by atoms with van der Waals surface area (Å²) < 4.78 is 11.6. The van der Waals surface area contributed by atoms with Crippen molar-refractivity contribution in [3.8, 4) is 11.5 Å². The molecule has 4 heteroatoms. The van der Waals surface area contributed by atoms with Gasteiger partial charge in [0.1, 0.15) is 6.61 Å². The van der Waals surface area contributed by atoms with Gasteiger partial charge < -0.3 is 14.8 Å². The fourth-order valence-electron chi connectivity index (χ4n) is 3.54. The molecule has 0 saturated heterocycles. The molecule has 0 aliphatic rings. The maximum Gasteiger partial charge on any atom is 0.180 e. The molecule has 1 unspecified atom stereocenters. The second kappa shape index (κ2) is 11.1. The van der Waals surface area contributed by atoms with Gasteiger partial charge in [-0.15, -0.1) is 0 Å². The van der Waals surface area contributed by atoms with E-state index >= 15 is 0 Å². The van der Waals surface area contributed by atoms with Crippen LogP contribution in [-0.2, 0) is 13.2 Å². The maximum atomic E-state index is 6.58. The minimum Gasteiger partial charge on any atom is -0.493 e. The molecule has 30 heavy (non-hydrogen) atoms. The van der Waals surface area contributed by atoms with Crippen LogP contribution in [0.2, 0.25) is 5.02 Å². The Morgan fingerprint density at radius 3 is 2.43 bits per heavy atom. The molecule has 3 aromatic carbocycles. The van der Waals surface area contributed by atoms with Crippen LogP contribution < -0.4 is 14.8 Å². The summed E-state index contributed by atoms with van der Waals surface area (Å²) in [5.41, 5.74) is 4.69. The summed E-state index contributed by atoms with van der Waals surface area (Å²) in [4.78, 5) is 0. The second-order valence-corrected chi connectivity index (χ2v) is 7.86. The van der Waals surface area contributed by atoms with Gasteiger partial charge in [0.15, 0.2) is 11.5 Å². The number of ether oxygens (including phenoxy) is 2. The number of methoxy groups -OCH3 is 1. The summed E-state index contributed by atoms with van der Waals surface area (Å²) in [6.07, 6.45) is 2.19. The lowest BCUT2D eigenvalue weighted by Crippen LogP contribution is -2.20. The van der Waals surface area contributed by atoms with Crippen molar-refractivity contribution in [3.63, 3.8) is 0 Å². The van der Waals surface area contributed by atoms with Crippen molar-refractivity contribution in [1.82, 2.24) is 5.32 Å². The van der Waals surface area contributed by atoms with Crippen molar-refractivity contribution in [2.75, 3.05) is 7.11 Å². The molecule has 0 fully saturated rings. The Morgan fingerprint density at radius 1 is 1.00 bits per heavy atom. The van der Waals surface area contributed by atoms with E-state index in [1.807, 2.05) is 30.3 Å². The third-order valence-corrected chi connectivity index (χ3v) is 5.54. The Bertz CT molecular complexity index is 943. The van der Waals surface area contributed by atoms with E-state index in [0.29, 0.717) is 35.7 Å². The Labute approximate surface area is 185 Å². The van der Waals surface area contributed by atoms with E-state index in [4.69, 9.17) is 21.1 Å². The van der Waals surface area contributed by atoms with Crippen molar-refractivity contribution < 1.29 is 9.47 Å². The van der Waals surface area contributed by atoms with Gasteiger partial charge in [0.25, 0.3) is 0 Å². The smallest absolute Gasteiger partial charge is 0.180 e. The summed E-state index contributed by atoms with van der Waals surface area (Å²) in [6.45, 7) is 5.44. The van der Waals surface area contributed by atoms with Crippen LogP contribution in [0.4, 0.5) is 0 Å². The SMILES string of the molecule is CCCC(NCc1cc(Cl)c(OCc2ccccc2C)c(OC)c1)c1ccccc1. The number of nitrogens with one attached hydrogen (secondary N) is 1. The first-order valence-electron chi connectivity index (χ1n) is 10.4. The first-order valence-corrected chi connectivity index (χ1v) is 10.8. The van der Waals surface area contributed by atoms with Crippen molar-refractivity contribution in [1.29, 1.82) is 0 Å². The molecule has 1 N–H and O–H groups in total. The van der Waals surface area contributed by atoms with E-state index in [1.54, 1.807) is 7.11 Å². The van der Waals surface area contributed by atoms with E-state index in [9.17, 15) is 0 Å². The van der Waals surface area contributed by atoms with E-state index in [1.165, 1.54) is 11.1 Å². The van der Waals surface area contributed by atoms with Crippen LogP contribution in [0.1, 0.15) is 48.1 Å². The molecule has 1 atom stereocenters. The Balaban J connectivity index is 1.72. The molecule has 0 heterocycles. The van der Waals surface area contributed by atoms with Gasteiger partial charge in [-0.1, -0.05) is 79.5 Å². The molecular weight excluding hydrogens is 394 g/mol. The molecule has 3 aromatic rings. The molecule has 0 aromatic heterocycles. The van der Waals surface area contributed by atoms with Gasteiger partial charge in [-0.25, -0.2) is 0 Å². The normalized spacial score (nSPS) is 11.9. The number of aryl methyl sites for hydroxylation is 1. The standard InChI is InChI=1S/C26H30ClNO2/c1-4-10-24(21-12-6-5-7-13-21)28-17-20-15-23(27)26(25(16-20)29-3)30-18-22-14-9-8-11-19(22)2/h5-9,11-16,24,28H,4,10,17-18H2,1-3H3. The molecule has 0 radical (unpaired) electrons. The van der Waals surface area contributed by atoms with Gasteiger partial charge in [-0.2, -0.15) is 0 Å². The molecule has 3 rings (SSSR count). The molecule has 0 aliphatic heterocycles. The molecule has 0 spiro atoms. The number of hydrogen-bond acceptors (Lipinski definition) is 3. The third kappa shape index (κ3) is 5.78. The predicted molar refractivity (Wildman–Crippen MR) is 124 cm³/mol. The van der Waals surface area contributed by atoms with Gasteiger partial charge in [-0.3, -0.25) is 0 Å². The highest BCUT2D eigenvalue weighted by molar-refractivity contribution is 6.32. The van der Waals surface area contributed by atoms with Gasteiger partial charge in [0.05, 0.1) is 12.1 Å². The molecule has 0 bridgehead atoms. The topological polar surface area (TPSA) is 30.5 Å². The maximum absolute atomic E-state index is 6.58. The molecule has 0 saturated carbocycles. The van der Waals surface area contributed by atoms with Crippen molar-refractivity contribution >= 4 is 11.6 Å². The summed E-state index contributed by atoms with van der Waals surface area (Å²) in [6, 6.07) is 23.0.